The molecule has 0 fully saturated rings. The molecule has 2 heterocycles. The molecule has 250 valence electrons. The second-order valence-corrected chi connectivity index (χ2v) is 14.4. The molecule has 0 unspecified atom stereocenters. The summed E-state index contributed by atoms with van der Waals surface area (Å²) in [6.07, 6.45) is 1.84. The summed E-state index contributed by atoms with van der Waals surface area (Å²) in [5.74, 6) is 0.713. The highest BCUT2D eigenvalue weighted by molar-refractivity contribution is 6.05. The monoisotopic (exact) mass is 677 g/mol. The number of nitrogens with zero attached hydrogens (tertiary/aromatic N) is 3. The van der Waals surface area contributed by atoms with Crippen molar-refractivity contribution in [2.75, 3.05) is 0 Å². The van der Waals surface area contributed by atoms with Crippen LogP contribution in [0.25, 0.3) is 89.0 Å². The van der Waals surface area contributed by atoms with Gasteiger partial charge in [-0.3, -0.25) is 4.98 Å². The van der Waals surface area contributed by atoms with Crippen molar-refractivity contribution in [2.24, 2.45) is 0 Å². The maximum Gasteiger partial charge on any atom is 0.160 e. The van der Waals surface area contributed by atoms with E-state index in [-0.39, 0.29) is 5.41 Å². The van der Waals surface area contributed by atoms with Crippen LogP contribution in [0.3, 0.4) is 0 Å². The fraction of sp³-hybridized carbons (Fsp3) is 0.0600. The maximum absolute atomic E-state index is 5.32. The van der Waals surface area contributed by atoms with Gasteiger partial charge in [0.2, 0.25) is 0 Å². The maximum atomic E-state index is 5.32. The Hall–Kier alpha value is -6.71. The average Bonchev–Trinajstić information content (AvgIpc) is 3.45. The number of fused-ring (bicyclic) bond motifs is 5. The zero-order chi connectivity index (χ0) is 35.5. The molecule has 0 spiro atoms. The molecule has 0 aliphatic heterocycles. The van der Waals surface area contributed by atoms with Gasteiger partial charge < -0.3 is 0 Å². The first-order valence-corrected chi connectivity index (χ1v) is 18.2. The third-order valence-electron chi connectivity index (χ3n) is 11.0. The molecule has 0 N–H and O–H groups in total. The second-order valence-electron chi connectivity index (χ2n) is 14.4. The summed E-state index contributed by atoms with van der Waals surface area (Å²) >= 11 is 0. The van der Waals surface area contributed by atoms with Crippen LogP contribution in [0.2, 0.25) is 0 Å². The van der Waals surface area contributed by atoms with Crippen molar-refractivity contribution >= 4 is 21.5 Å². The normalized spacial score (nSPS) is 12.9. The fourth-order valence-corrected chi connectivity index (χ4v) is 8.25. The van der Waals surface area contributed by atoms with Gasteiger partial charge >= 0.3 is 0 Å². The van der Waals surface area contributed by atoms with Gasteiger partial charge in [0, 0.05) is 33.9 Å². The molecule has 0 atom stereocenters. The summed E-state index contributed by atoms with van der Waals surface area (Å²) in [6.45, 7) is 4.69. The van der Waals surface area contributed by atoms with Crippen molar-refractivity contribution in [2.45, 2.75) is 19.3 Å². The lowest BCUT2D eigenvalue weighted by Gasteiger charge is -2.22. The van der Waals surface area contributed by atoms with Crippen molar-refractivity contribution in [3.63, 3.8) is 0 Å². The second kappa shape index (κ2) is 12.2. The Morgan fingerprint density at radius 3 is 1.79 bits per heavy atom. The molecule has 0 bridgehead atoms. The summed E-state index contributed by atoms with van der Waals surface area (Å²) in [5.41, 5.74) is 14.5. The van der Waals surface area contributed by atoms with E-state index >= 15 is 0 Å². The van der Waals surface area contributed by atoms with Crippen LogP contribution < -0.4 is 0 Å². The van der Waals surface area contributed by atoms with Crippen molar-refractivity contribution in [1.82, 2.24) is 15.0 Å². The SMILES string of the molecule is CC1(C)c2cc3ccccc3cc2-c2c(-c3cc(-c4ccc(-c5ccc(-c6ccccn6)cc5)c5ccccc45)nc(-c4ccccc4)n3)cccc21. The average molecular weight is 678 g/mol. The zero-order valence-corrected chi connectivity index (χ0v) is 29.6. The minimum Gasteiger partial charge on any atom is -0.256 e. The van der Waals surface area contributed by atoms with Crippen LogP contribution in [0.15, 0.2) is 176 Å². The van der Waals surface area contributed by atoms with Crippen LogP contribution in [0.4, 0.5) is 0 Å². The minimum absolute atomic E-state index is 0.148. The largest absolute Gasteiger partial charge is 0.256 e. The molecule has 10 rings (SSSR count). The Kier molecular flexibility index (Phi) is 7.16. The van der Waals surface area contributed by atoms with Gasteiger partial charge in [-0.2, -0.15) is 0 Å². The van der Waals surface area contributed by atoms with E-state index < -0.39 is 0 Å². The quantitative estimate of drug-likeness (QED) is 0.182. The van der Waals surface area contributed by atoms with E-state index in [0.717, 1.165) is 50.3 Å². The van der Waals surface area contributed by atoms with Gasteiger partial charge in [0.15, 0.2) is 5.82 Å². The number of hydrogen-bond donors (Lipinski definition) is 0. The lowest BCUT2D eigenvalue weighted by molar-refractivity contribution is 0.661. The van der Waals surface area contributed by atoms with Gasteiger partial charge in [-0.15, -0.1) is 0 Å². The molecule has 9 aromatic rings. The van der Waals surface area contributed by atoms with Crippen LogP contribution >= 0.6 is 0 Å². The fourth-order valence-electron chi connectivity index (χ4n) is 8.25. The summed E-state index contributed by atoms with van der Waals surface area (Å²) in [7, 11) is 0. The molecule has 53 heavy (non-hydrogen) atoms. The highest BCUT2D eigenvalue weighted by Crippen LogP contribution is 2.53. The summed E-state index contributed by atoms with van der Waals surface area (Å²) in [5, 5.41) is 4.85. The summed E-state index contributed by atoms with van der Waals surface area (Å²) in [4.78, 5) is 15.2. The van der Waals surface area contributed by atoms with Gasteiger partial charge in [-0.25, -0.2) is 9.97 Å². The van der Waals surface area contributed by atoms with Gasteiger partial charge in [0.05, 0.1) is 17.1 Å². The lowest BCUT2D eigenvalue weighted by atomic mass is 9.81. The summed E-state index contributed by atoms with van der Waals surface area (Å²) in [6, 6.07) is 60.5. The van der Waals surface area contributed by atoms with Crippen molar-refractivity contribution < 1.29 is 0 Å². The standard InChI is InChI=1S/C50H35N3/c1-50(2)43-20-12-19-41(48(43)42-29-35-15-6-7-16-36(35)30-44(42)50)47-31-46(52-49(53-47)34-13-4-3-5-14-34)40-27-26-37(38-17-8-9-18-39(38)40)32-22-24-33(25-23-32)45-21-10-11-28-51-45/h3-31H,1-2H3. The number of pyridine rings is 1. The Balaban J connectivity index is 1.16. The number of benzene rings is 7. The van der Waals surface area contributed by atoms with E-state index in [1.54, 1.807) is 0 Å². The first kappa shape index (κ1) is 31.1. The number of rotatable bonds is 5. The zero-order valence-electron chi connectivity index (χ0n) is 29.6. The Bertz CT molecular complexity index is 2840. The Labute approximate surface area is 309 Å². The van der Waals surface area contributed by atoms with Crippen molar-refractivity contribution in [3.8, 4) is 67.4 Å². The number of hydrogen-bond acceptors (Lipinski definition) is 3. The van der Waals surface area contributed by atoms with Crippen LogP contribution in [0, 0.1) is 0 Å². The third-order valence-corrected chi connectivity index (χ3v) is 11.0. The predicted octanol–water partition coefficient (Wildman–Crippen LogP) is 12.8. The highest BCUT2D eigenvalue weighted by Gasteiger charge is 2.37. The van der Waals surface area contributed by atoms with Crippen LogP contribution in [0.1, 0.15) is 25.0 Å². The van der Waals surface area contributed by atoms with E-state index in [1.807, 2.05) is 30.5 Å². The molecular weight excluding hydrogens is 643 g/mol. The summed E-state index contributed by atoms with van der Waals surface area (Å²) < 4.78 is 0. The van der Waals surface area contributed by atoms with Crippen LogP contribution in [-0.2, 0) is 5.41 Å². The first-order chi connectivity index (χ1) is 26.0. The molecule has 0 saturated heterocycles. The first-order valence-electron chi connectivity index (χ1n) is 18.2. The van der Waals surface area contributed by atoms with Gasteiger partial charge in [-0.05, 0) is 85.3 Å². The molecule has 0 saturated carbocycles. The van der Waals surface area contributed by atoms with Gasteiger partial charge in [-0.1, -0.05) is 153 Å². The van der Waals surface area contributed by atoms with Crippen molar-refractivity contribution in [1.29, 1.82) is 0 Å². The van der Waals surface area contributed by atoms with Crippen LogP contribution in [0.5, 0.6) is 0 Å². The topological polar surface area (TPSA) is 38.7 Å². The van der Waals surface area contributed by atoms with E-state index in [0.29, 0.717) is 5.82 Å². The molecule has 3 heteroatoms. The molecule has 1 aliphatic rings. The molecule has 0 radical (unpaired) electrons. The van der Waals surface area contributed by atoms with E-state index in [2.05, 4.69) is 164 Å². The van der Waals surface area contributed by atoms with Crippen molar-refractivity contribution in [3.05, 3.63) is 187 Å². The smallest absolute Gasteiger partial charge is 0.160 e. The lowest BCUT2D eigenvalue weighted by Crippen LogP contribution is -2.14. The van der Waals surface area contributed by atoms with E-state index in [1.165, 1.54) is 44.0 Å². The van der Waals surface area contributed by atoms with Gasteiger partial charge in [0.25, 0.3) is 0 Å². The molecule has 7 aromatic carbocycles. The molecule has 0 amide bonds. The van der Waals surface area contributed by atoms with E-state index in [9.17, 15) is 0 Å². The van der Waals surface area contributed by atoms with Crippen LogP contribution in [-0.4, -0.2) is 15.0 Å². The van der Waals surface area contributed by atoms with E-state index in [4.69, 9.17) is 9.97 Å². The Morgan fingerprint density at radius 2 is 1.04 bits per heavy atom. The molecular formula is C50H35N3. The molecule has 1 aliphatic carbocycles. The Morgan fingerprint density at radius 1 is 0.396 bits per heavy atom. The highest BCUT2D eigenvalue weighted by atomic mass is 14.9. The minimum atomic E-state index is -0.148. The number of aromatic nitrogens is 3. The third kappa shape index (κ3) is 5.16. The van der Waals surface area contributed by atoms with Gasteiger partial charge in [0.1, 0.15) is 0 Å². The molecule has 2 aromatic heterocycles. The molecule has 3 nitrogen and oxygen atoms in total. The predicted molar refractivity (Wildman–Crippen MR) is 220 cm³/mol.